The number of aryl methyl sites for hydroxylation is 1. The molecule has 0 saturated carbocycles. The number of hydrogen-bond donors (Lipinski definition) is 3. The first-order valence-electron chi connectivity index (χ1n) is 4.83. The predicted molar refractivity (Wildman–Crippen MR) is 59.6 cm³/mol. The minimum Gasteiger partial charge on any atom is -0.398 e. The van der Waals surface area contributed by atoms with Crippen LogP contribution in [0.2, 0.25) is 0 Å². The van der Waals surface area contributed by atoms with Crippen molar-refractivity contribution < 1.29 is 9.90 Å². The first-order valence-corrected chi connectivity index (χ1v) is 4.83. The largest absolute Gasteiger partial charge is 0.398 e. The van der Waals surface area contributed by atoms with Crippen LogP contribution in [-0.2, 0) is 0 Å². The standard InChI is InChI=1S/C11H16N2O2/c1-7-4-3-5-9(12)10(7)11(15)13-6-8(2)14/h3-5,8,14H,6,12H2,1-2H3,(H,13,15). The fraction of sp³-hybridized carbons (Fsp3) is 0.364. The van der Waals surface area contributed by atoms with Gasteiger partial charge in [-0.05, 0) is 25.5 Å². The van der Waals surface area contributed by atoms with Crippen molar-refractivity contribution >= 4 is 11.6 Å². The minimum absolute atomic E-state index is 0.229. The Hall–Kier alpha value is -1.55. The van der Waals surface area contributed by atoms with Crippen LogP contribution in [0.25, 0.3) is 0 Å². The molecular formula is C11H16N2O2. The van der Waals surface area contributed by atoms with E-state index in [0.717, 1.165) is 5.56 Å². The molecule has 1 rings (SSSR count). The maximum Gasteiger partial charge on any atom is 0.253 e. The summed E-state index contributed by atoms with van der Waals surface area (Å²) in [6.07, 6.45) is -0.556. The number of nitrogens with one attached hydrogen (secondary N) is 1. The molecule has 4 heteroatoms. The smallest absolute Gasteiger partial charge is 0.253 e. The third kappa shape index (κ3) is 2.95. The van der Waals surface area contributed by atoms with E-state index in [0.29, 0.717) is 11.3 Å². The Morgan fingerprint density at radius 2 is 2.27 bits per heavy atom. The predicted octanol–water partition coefficient (Wildman–Crippen LogP) is 0.688. The van der Waals surface area contributed by atoms with Crippen LogP contribution in [0.5, 0.6) is 0 Å². The van der Waals surface area contributed by atoms with Crippen LogP contribution in [0.1, 0.15) is 22.8 Å². The summed E-state index contributed by atoms with van der Waals surface area (Å²) in [5, 5.41) is 11.7. The average molecular weight is 208 g/mol. The van der Waals surface area contributed by atoms with Gasteiger partial charge in [0.15, 0.2) is 0 Å². The van der Waals surface area contributed by atoms with E-state index in [1.165, 1.54) is 0 Å². The van der Waals surface area contributed by atoms with Crippen LogP contribution >= 0.6 is 0 Å². The molecule has 0 heterocycles. The van der Waals surface area contributed by atoms with E-state index >= 15 is 0 Å². The highest BCUT2D eigenvalue weighted by Crippen LogP contribution is 2.15. The molecule has 0 bridgehead atoms. The Bertz CT molecular complexity index is 341. The SMILES string of the molecule is Cc1cccc(N)c1C(=O)NCC(C)O. The van der Waals surface area contributed by atoms with Gasteiger partial charge in [0.2, 0.25) is 0 Å². The summed E-state index contributed by atoms with van der Waals surface area (Å²) < 4.78 is 0. The van der Waals surface area contributed by atoms with Crippen molar-refractivity contribution in [3.63, 3.8) is 0 Å². The molecule has 15 heavy (non-hydrogen) atoms. The van der Waals surface area contributed by atoms with E-state index < -0.39 is 6.10 Å². The van der Waals surface area contributed by atoms with Crippen LogP contribution in [0, 0.1) is 6.92 Å². The second-order valence-corrected chi connectivity index (χ2v) is 3.60. The summed E-state index contributed by atoms with van der Waals surface area (Å²) in [6, 6.07) is 5.31. The van der Waals surface area contributed by atoms with Gasteiger partial charge in [0.1, 0.15) is 0 Å². The molecule has 1 aromatic carbocycles. The number of carbonyl (C=O) groups is 1. The first kappa shape index (κ1) is 11.5. The van der Waals surface area contributed by atoms with Gasteiger partial charge in [-0.3, -0.25) is 4.79 Å². The number of nitrogen functional groups attached to an aromatic ring is 1. The maximum atomic E-state index is 11.7. The van der Waals surface area contributed by atoms with Gasteiger partial charge in [-0.25, -0.2) is 0 Å². The van der Waals surface area contributed by atoms with Gasteiger partial charge in [0.25, 0.3) is 5.91 Å². The van der Waals surface area contributed by atoms with Crippen molar-refractivity contribution in [1.29, 1.82) is 0 Å². The molecular weight excluding hydrogens is 192 g/mol. The van der Waals surface area contributed by atoms with Crippen molar-refractivity contribution in [1.82, 2.24) is 5.32 Å². The van der Waals surface area contributed by atoms with Crippen molar-refractivity contribution in [3.8, 4) is 0 Å². The molecule has 0 aliphatic heterocycles. The molecule has 0 fully saturated rings. The van der Waals surface area contributed by atoms with Crippen molar-refractivity contribution in [2.24, 2.45) is 0 Å². The molecule has 1 unspecified atom stereocenters. The molecule has 0 aliphatic rings. The molecule has 1 amide bonds. The molecule has 0 aromatic heterocycles. The topological polar surface area (TPSA) is 75.4 Å². The van der Waals surface area contributed by atoms with Gasteiger partial charge in [-0.1, -0.05) is 12.1 Å². The third-order valence-corrected chi connectivity index (χ3v) is 2.09. The molecule has 82 valence electrons. The summed E-state index contributed by atoms with van der Waals surface area (Å²) in [5.41, 5.74) is 7.48. The Kier molecular flexibility index (Phi) is 3.68. The van der Waals surface area contributed by atoms with Crippen molar-refractivity contribution in [2.75, 3.05) is 12.3 Å². The van der Waals surface area contributed by atoms with Gasteiger partial charge in [0, 0.05) is 12.2 Å². The number of hydrogen-bond acceptors (Lipinski definition) is 3. The number of nitrogens with two attached hydrogens (primary N) is 1. The lowest BCUT2D eigenvalue weighted by molar-refractivity contribution is 0.0924. The Labute approximate surface area is 89.1 Å². The average Bonchev–Trinajstić information content (AvgIpc) is 2.14. The molecule has 1 aromatic rings. The Balaban J connectivity index is 2.82. The second kappa shape index (κ2) is 4.79. The molecule has 0 saturated heterocycles. The number of rotatable bonds is 3. The summed E-state index contributed by atoms with van der Waals surface area (Å²) in [7, 11) is 0. The molecule has 0 aliphatic carbocycles. The fourth-order valence-electron chi connectivity index (χ4n) is 1.33. The van der Waals surface area contributed by atoms with Crippen LogP contribution in [0.4, 0.5) is 5.69 Å². The van der Waals surface area contributed by atoms with Crippen molar-refractivity contribution in [2.45, 2.75) is 20.0 Å². The van der Waals surface area contributed by atoms with Gasteiger partial charge < -0.3 is 16.2 Å². The highest BCUT2D eigenvalue weighted by atomic mass is 16.3. The molecule has 0 spiro atoms. The lowest BCUT2D eigenvalue weighted by atomic mass is 10.1. The summed E-state index contributed by atoms with van der Waals surface area (Å²) in [5.74, 6) is -0.244. The van der Waals surface area contributed by atoms with Gasteiger partial charge in [-0.15, -0.1) is 0 Å². The lowest BCUT2D eigenvalue weighted by Crippen LogP contribution is -2.31. The third-order valence-electron chi connectivity index (χ3n) is 2.09. The van der Waals surface area contributed by atoms with E-state index in [4.69, 9.17) is 10.8 Å². The van der Waals surface area contributed by atoms with Crippen LogP contribution < -0.4 is 11.1 Å². The van der Waals surface area contributed by atoms with E-state index in [9.17, 15) is 4.79 Å². The van der Waals surface area contributed by atoms with E-state index in [-0.39, 0.29) is 12.5 Å². The quantitative estimate of drug-likeness (QED) is 0.640. The highest BCUT2D eigenvalue weighted by Gasteiger charge is 2.12. The monoisotopic (exact) mass is 208 g/mol. The van der Waals surface area contributed by atoms with E-state index in [1.807, 2.05) is 13.0 Å². The number of amides is 1. The molecule has 4 N–H and O–H groups in total. The normalized spacial score (nSPS) is 12.2. The molecule has 1 atom stereocenters. The van der Waals surface area contributed by atoms with E-state index in [2.05, 4.69) is 5.32 Å². The van der Waals surface area contributed by atoms with Crippen LogP contribution in [0.15, 0.2) is 18.2 Å². The van der Waals surface area contributed by atoms with Gasteiger partial charge in [0.05, 0.1) is 11.7 Å². The molecule has 4 nitrogen and oxygen atoms in total. The highest BCUT2D eigenvalue weighted by molar-refractivity contribution is 6.00. The first-order chi connectivity index (χ1) is 7.02. The Morgan fingerprint density at radius 1 is 1.60 bits per heavy atom. The second-order valence-electron chi connectivity index (χ2n) is 3.60. The summed E-state index contributed by atoms with van der Waals surface area (Å²) >= 11 is 0. The number of carbonyl (C=O) groups excluding carboxylic acids is 1. The number of aliphatic hydroxyl groups is 1. The zero-order valence-electron chi connectivity index (χ0n) is 8.95. The number of anilines is 1. The fourth-order valence-corrected chi connectivity index (χ4v) is 1.33. The zero-order valence-corrected chi connectivity index (χ0v) is 8.95. The summed E-state index contributed by atoms with van der Waals surface area (Å²) in [4.78, 5) is 11.7. The van der Waals surface area contributed by atoms with E-state index in [1.54, 1.807) is 19.1 Å². The van der Waals surface area contributed by atoms with Gasteiger partial charge >= 0.3 is 0 Å². The maximum absolute atomic E-state index is 11.7. The van der Waals surface area contributed by atoms with Crippen LogP contribution in [-0.4, -0.2) is 23.7 Å². The van der Waals surface area contributed by atoms with Crippen LogP contribution in [0.3, 0.4) is 0 Å². The summed E-state index contributed by atoms with van der Waals surface area (Å²) in [6.45, 7) is 3.67. The molecule has 0 radical (unpaired) electrons. The lowest BCUT2D eigenvalue weighted by Gasteiger charge is -2.10. The minimum atomic E-state index is -0.556. The van der Waals surface area contributed by atoms with Crippen molar-refractivity contribution in [3.05, 3.63) is 29.3 Å². The zero-order chi connectivity index (χ0) is 11.4. The Morgan fingerprint density at radius 3 is 2.80 bits per heavy atom. The number of aliphatic hydroxyl groups excluding tert-OH is 1. The number of benzene rings is 1. The van der Waals surface area contributed by atoms with Gasteiger partial charge in [-0.2, -0.15) is 0 Å².